The molecule has 0 aromatic carbocycles. The summed E-state index contributed by atoms with van der Waals surface area (Å²) in [6.07, 6.45) is -1.67. The number of epoxide rings is 1. The lowest BCUT2D eigenvalue weighted by Gasteiger charge is -2.65. The van der Waals surface area contributed by atoms with Crippen LogP contribution in [-0.2, 0) is 14.2 Å². The van der Waals surface area contributed by atoms with Crippen molar-refractivity contribution >= 4 is 0 Å². The van der Waals surface area contributed by atoms with E-state index in [-0.39, 0.29) is 23.9 Å². The summed E-state index contributed by atoms with van der Waals surface area (Å²) in [4.78, 5) is 11.6. The SMILES string of the molecule is CC12CCC3C(CCC4(OC5OC(CO)C(O)C(O)C5O)C5OC5CCC34O)C1(O)CCC2c1ccc(=O)oc1. The normalized spacial score (nSPS) is 55.1. The molecule has 1 aromatic heterocycles. The molecule has 6 N–H and O–H groups in total. The van der Waals surface area contributed by atoms with Gasteiger partial charge in [0.1, 0.15) is 36.1 Å². The average molecular weight is 565 g/mol. The summed E-state index contributed by atoms with van der Waals surface area (Å²) in [5, 5.41) is 66.3. The molecule has 2 aliphatic heterocycles. The van der Waals surface area contributed by atoms with Gasteiger partial charge in [-0.05, 0) is 80.8 Å². The first-order chi connectivity index (χ1) is 19.0. The Kier molecular flexibility index (Phi) is 6.20. The van der Waals surface area contributed by atoms with Crippen LogP contribution in [0.1, 0.15) is 69.8 Å². The van der Waals surface area contributed by atoms with Gasteiger partial charge in [-0.2, -0.15) is 0 Å². The first kappa shape index (κ1) is 27.4. The quantitative estimate of drug-likeness (QED) is 0.213. The van der Waals surface area contributed by atoms with Crippen LogP contribution in [0, 0.1) is 17.3 Å². The number of hydrogen-bond donors (Lipinski definition) is 6. The van der Waals surface area contributed by atoms with Gasteiger partial charge in [-0.1, -0.05) is 6.92 Å². The van der Waals surface area contributed by atoms with E-state index in [9.17, 15) is 35.4 Å². The summed E-state index contributed by atoms with van der Waals surface area (Å²) >= 11 is 0. The first-order valence-corrected chi connectivity index (χ1v) is 14.7. The molecule has 0 radical (unpaired) electrons. The maximum Gasteiger partial charge on any atom is 0.335 e. The largest absolute Gasteiger partial charge is 0.431 e. The molecule has 3 heterocycles. The molecule has 4 saturated carbocycles. The second-order valence-corrected chi connectivity index (χ2v) is 13.4. The Morgan fingerprint density at radius 3 is 2.35 bits per heavy atom. The van der Waals surface area contributed by atoms with Crippen LogP contribution in [0.3, 0.4) is 0 Å². The molecule has 1 aromatic rings. The second-order valence-electron chi connectivity index (χ2n) is 13.4. The van der Waals surface area contributed by atoms with E-state index < -0.39 is 71.3 Å². The minimum atomic E-state index is -1.59. The summed E-state index contributed by atoms with van der Waals surface area (Å²) in [6, 6.07) is 3.21. The van der Waals surface area contributed by atoms with Crippen LogP contribution in [0.15, 0.2) is 27.6 Å². The number of ether oxygens (including phenoxy) is 3. The third-order valence-electron chi connectivity index (χ3n) is 12.0. The van der Waals surface area contributed by atoms with E-state index in [2.05, 4.69) is 6.92 Å². The maximum atomic E-state index is 12.7. The van der Waals surface area contributed by atoms with Crippen LogP contribution >= 0.6 is 0 Å². The summed E-state index contributed by atoms with van der Waals surface area (Å²) in [7, 11) is 0. The van der Waals surface area contributed by atoms with Crippen molar-refractivity contribution in [3.8, 4) is 0 Å². The number of aliphatic hydroxyl groups is 6. The highest BCUT2D eigenvalue weighted by Gasteiger charge is 2.77. The van der Waals surface area contributed by atoms with Crippen molar-refractivity contribution in [2.75, 3.05) is 6.61 Å². The zero-order valence-corrected chi connectivity index (χ0v) is 22.6. The van der Waals surface area contributed by atoms with Crippen molar-refractivity contribution in [1.29, 1.82) is 0 Å². The molecule has 40 heavy (non-hydrogen) atoms. The van der Waals surface area contributed by atoms with E-state index in [0.29, 0.717) is 44.9 Å². The predicted octanol–water partition coefficient (Wildman–Crippen LogP) is -0.0778. The Morgan fingerprint density at radius 2 is 1.62 bits per heavy atom. The second kappa shape index (κ2) is 9.05. The van der Waals surface area contributed by atoms with Crippen molar-refractivity contribution in [2.24, 2.45) is 17.3 Å². The average Bonchev–Trinajstić information content (AvgIpc) is 3.68. The molecule has 14 unspecified atom stereocenters. The lowest BCUT2D eigenvalue weighted by molar-refractivity contribution is -0.372. The molecule has 6 aliphatic rings. The highest BCUT2D eigenvalue weighted by atomic mass is 16.7. The van der Waals surface area contributed by atoms with Gasteiger partial charge >= 0.3 is 5.63 Å². The van der Waals surface area contributed by atoms with E-state index in [1.165, 1.54) is 12.3 Å². The Bertz CT molecular complexity index is 1180. The van der Waals surface area contributed by atoms with Gasteiger partial charge in [0.2, 0.25) is 0 Å². The van der Waals surface area contributed by atoms with Gasteiger partial charge in [-0.25, -0.2) is 4.79 Å². The number of aliphatic hydroxyl groups excluding tert-OH is 4. The predicted molar refractivity (Wildman–Crippen MR) is 136 cm³/mol. The molecule has 6 fully saturated rings. The number of rotatable bonds is 4. The highest BCUT2D eigenvalue weighted by Crippen LogP contribution is 2.71. The van der Waals surface area contributed by atoms with Crippen LogP contribution in [0.25, 0.3) is 0 Å². The van der Waals surface area contributed by atoms with Gasteiger partial charge in [-0.15, -0.1) is 0 Å². The number of hydrogen-bond acceptors (Lipinski definition) is 11. The standard InChI is InChI=1S/C29H40O11/c1-26-8-4-17-16(27(26,35)9-5-15(26)14-2-3-20(31)37-13-14)6-11-29(24-18(38-24)7-10-28(17,29)36)40-25-23(34)22(33)21(32)19(12-30)39-25/h2-3,13,15-19,21-25,30,32-36H,4-12H2,1H3. The fourth-order valence-electron chi connectivity index (χ4n) is 9.79. The smallest absolute Gasteiger partial charge is 0.335 e. The Morgan fingerprint density at radius 1 is 0.900 bits per heavy atom. The van der Waals surface area contributed by atoms with Crippen LogP contribution in [0.2, 0.25) is 0 Å². The van der Waals surface area contributed by atoms with E-state index >= 15 is 0 Å². The zero-order chi connectivity index (χ0) is 28.2. The first-order valence-electron chi connectivity index (χ1n) is 14.7. The third kappa shape index (κ3) is 3.47. The molecular formula is C29H40O11. The van der Waals surface area contributed by atoms with Crippen molar-refractivity contribution in [1.82, 2.24) is 0 Å². The molecular weight excluding hydrogens is 524 g/mol. The third-order valence-corrected chi connectivity index (χ3v) is 12.0. The van der Waals surface area contributed by atoms with Crippen molar-refractivity contribution < 1.29 is 49.3 Å². The van der Waals surface area contributed by atoms with E-state index in [4.69, 9.17) is 18.6 Å². The van der Waals surface area contributed by atoms with Gasteiger partial charge in [-0.3, -0.25) is 0 Å². The monoisotopic (exact) mass is 564 g/mol. The van der Waals surface area contributed by atoms with Crippen molar-refractivity contribution in [3.63, 3.8) is 0 Å². The summed E-state index contributed by atoms with van der Waals surface area (Å²) in [5.74, 6) is -0.502. The molecule has 222 valence electrons. The topological polar surface area (TPSA) is 183 Å². The summed E-state index contributed by atoms with van der Waals surface area (Å²) in [5.41, 5.74) is -3.66. The summed E-state index contributed by atoms with van der Waals surface area (Å²) in [6.45, 7) is 1.54. The highest BCUT2D eigenvalue weighted by molar-refractivity contribution is 5.30. The van der Waals surface area contributed by atoms with Gasteiger partial charge in [0.25, 0.3) is 0 Å². The van der Waals surface area contributed by atoms with Crippen LogP contribution in [-0.4, -0.2) is 97.0 Å². The Labute approximate surface area is 231 Å². The molecule has 0 spiro atoms. The lowest BCUT2D eigenvalue weighted by Crippen LogP contribution is -2.75. The molecule has 2 saturated heterocycles. The minimum Gasteiger partial charge on any atom is -0.431 e. The Hall–Kier alpha value is -1.41. The molecule has 0 amide bonds. The maximum absolute atomic E-state index is 12.7. The zero-order valence-electron chi connectivity index (χ0n) is 22.6. The number of fused-ring (bicyclic) bond motifs is 7. The molecule has 7 rings (SSSR count). The van der Waals surface area contributed by atoms with Crippen LogP contribution in [0.5, 0.6) is 0 Å². The van der Waals surface area contributed by atoms with E-state index in [0.717, 1.165) is 12.0 Å². The minimum absolute atomic E-state index is 0.0111. The van der Waals surface area contributed by atoms with Gasteiger partial charge in [0, 0.05) is 11.5 Å². The van der Waals surface area contributed by atoms with Crippen molar-refractivity contribution in [3.05, 3.63) is 34.4 Å². The lowest BCUT2D eigenvalue weighted by atomic mass is 9.45. The molecule has 0 bridgehead atoms. The van der Waals surface area contributed by atoms with E-state index in [1.54, 1.807) is 6.07 Å². The van der Waals surface area contributed by atoms with Crippen LogP contribution < -0.4 is 5.63 Å². The van der Waals surface area contributed by atoms with Gasteiger partial charge in [0.15, 0.2) is 6.29 Å². The van der Waals surface area contributed by atoms with E-state index in [1.807, 2.05) is 0 Å². The molecule has 4 aliphatic carbocycles. The molecule has 14 atom stereocenters. The fourth-order valence-corrected chi connectivity index (χ4v) is 9.79. The van der Waals surface area contributed by atoms with Crippen molar-refractivity contribution in [2.45, 2.75) is 124 Å². The molecule has 11 nitrogen and oxygen atoms in total. The van der Waals surface area contributed by atoms with Crippen LogP contribution in [0.4, 0.5) is 0 Å². The fraction of sp³-hybridized carbons (Fsp3) is 0.828. The Balaban J connectivity index is 1.21. The summed E-state index contributed by atoms with van der Waals surface area (Å²) < 4.78 is 23.4. The van der Waals surface area contributed by atoms with Gasteiger partial charge in [0.05, 0.1) is 30.2 Å². The van der Waals surface area contributed by atoms with Gasteiger partial charge < -0.3 is 49.3 Å². The molecule has 11 heteroatoms.